The van der Waals surface area contributed by atoms with Crippen LogP contribution in [0.25, 0.3) is 0 Å². The zero-order valence-corrected chi connectivity index (χ0v) is 20.8. The molecular weight excluding hydrogens is 487 g/mol. The molecule has 0 aromatic rings. The molecule has 1 atom stereocenters. The molecule has 0 amide bonds. The summed E-state index contributed by atoms with van der Waals surface area (Å²) in [7, 11) is 2.19. The SMILES string of the molecule is CCNC(=NCC1(N2CCOCC2)CCSC1)N(C)CCC1CCOCC1.I. The molecular formula is C20H39IN4O2S. The highest BCUT2D eigenvalue weighted by molar-refractivity contribution is 14.0. The molecule has 0 aromatic carbocycles. The molecule has 0 aliphatic carbocycles. The fourth-order valence-electron chi connectivity index (χ4n) is 4.32. The normalized spacial score (nSPS) is 27.4. The number of halogens is 1. The molecule has 1 N–H and O–H groups in total. The van der Waals surface area contributed by atoms with Crippen molar-refractivity contribution in [1.29, 1.82) is 0 Å². The molecule has 3 heterocycles. The number of thioether (sulfide) groups is 1. The van der Waals surface area contributed by atoms with Gasteiger partial charge in [0.25, 0.3) is 0 Å². The summed E-state index contributed by atoms with van der Waals surface area (Å²) in [6.45, 7) is 10.7. The lowest BCUT2D eigenvalue weighted by molar-refractivity contribution is -0.0105. The number of nitrogens with one attached hydrogen (secondary N) is 1. The molecule has 28 heavy (non-hydrogen) atoms. The molecule has 0 saturated carbocycles. The van der Waals surface area contributed by atoms with Gasteiger partial charge in [-0.05, 0) is 44.3 Å². The Morgan fingerprint density at radius 2 is 1.93 bits per heavy atom. The Morgan fingerprint density at radius 3 is 2.57 bits per heavy atom. The van der Waals surface area contributed by atoms with Gasteiger partial charge in [-0.15, -0.1) is 24.0 Å². The second-order valence-corrected chi connectivity index (χ2v) is 9.17. The van der Waals surface area contributed by atoms with E-state index in [0.29, 0.717) is 0 Å². The summed E-state index contributed by atoms with van der Waals surface area (Å²) >= 11 is 2.08. The monoisotopic (exact) mass is 526 g/mol. The number of nitrogens with zero attached hydrogens (tertiary/aromatic N) is 3. The minimum Gasteiger partial charge on any atom is -0.381 e. The summed E-state index contributed by atoms with van der Waals surface area (Å²) in [6, 6.07) is 0. The van der Waals surface area contributed by atoms with Crippen molar-refractivity contribution in [1.82, 2.24) is 15.1 Å². The Labute approximate surface area is 192 Å². The van der Waals surface area contributed by atoms with E-state index in [9.17, 15) is 0 Å². The summed E-state index contributed by atoms with van der Waals surface area (Å²) in [6.07, 6.45) is 4.89. The maximum absolute atomic E-state index is 5.58. The van der Waals surface area contributed by atoms with E-state index in [-0.39, 0.29) is 29.5 Å². The van der Waals surface area contributed by atoms with Crippen molar-refractivity contribution in [2.45, 2.75) is 38.1 Å². The zero-order chi connectivity index (χ0) is 19.0. The third-order valence-corrected chi connectivity index (χ3v) is 7.43. The van der Waals surface area contributed by atoms with E-state index in [1.54, 1.807) is 0 Å². The first-order valence-electron chi connectivity index (χ1n) is 10.7. The molecule has 0 radical (unpaired) electrons. The molecule has 164 valence electrons. The second-order valence-electron chi connectivity index (χ2n) is 8.06. The van der Waals surface area contributed by atoms with Crippen molar-refractivity contribution in [2.24, 2.45) is 10.9 Å². The number of aliphatic imine (C=N–C) groups is 1. The molecule has 3 rings (SSSR count). The topological polar surface area (TPSA) is 49.3 Å². The number of morpholine rings is 1. The predicted molar refractivity (Wildman–Crippen MR) is 129 cm³/mol. The summed E-state index contributed by atoms with van der Waals surface area (Å²) in [5, 5.41) is 3.52. The molecule has 0 spiro atoms. The van der Waals surface area contributed by atoms with Gasteiger partial charge in [0, 0.05) is 52.2 Å². The average molecular weight is 527 g/mol. The summed E-state index contributed by atoms with van der Waals surface area (Å²) in [4.78, 5) is 10.1. The summed E-state index contributed by atoms with van der Waals surface area (Å²) < 4.78 is 11.1. The van der Waals surface area contributed by atoms with Gasteiger partial charge >= 0.3 is 0 Å². The fourth-order valence-corrected chi connectivity index (χ4v) is 5.78. The van der Waals surface area contributed by atoms with Crippen molar-refractivity contribution in [3.8, 4) is 0 Å². The van der Waals surface area contributed by atoms with Crippen LogP contribution in [-0.2, 0) is 9.47 Å². The van der Waals surface area contributed by atoms with Crippen LogP contribution in [0.3, 0.4) is 0 Å². The van der Waals surface area contributed by atoms with Gasteiger partial charge in [0.15, 0.2) is 5.96 Å². The van der Waals surface area contributed by atoms with Gasteiger partial charge in [-0.25, -0.2) is 0 Å². The van der Waals surface area contributed by atoms with Gasteiger partial charge in [0.05, 0.1) is 25.3 Å². The van der Waals surface area contributed by atoms with Crippen LogP contribution in [0, 0.1) is 5.92 Å². The van der Waals surface area contributed by atoms with E-state index >= 15 is 0 Å². The number of hydrogen-bond acceptors (Lipinski definition) is 5. The average Bonchev–Trinajstić information content (AvgIpc) is 3.21. The van der Waals surface area contributed by atoms with E-state index in [1.807, 2.05) is 0 Å². The largest absolute Gasteiger partial charge is 0.381 e. The standard InChI is InChI=1S/C20H38N4O2S.HI/c1-3-21-19(23(2)8-4-18-5-11-25-12-6-18)22-16-20(7-15-27-17-20)24-9-13-26-14-10-24;/h18H,3-17H2,1-2H3,(H,21,22);1H. The lowest BCUT2D eigenvalue weighted by Gasteiger charge is -2.42. The smallest absolute Gasteiger partial charge is 0.193 e. The Balaban J connectivity index is 0.00000280. The lowest BCUT2D eigenvalue weighted by atomic mass is 9.96. The van der Waals surface area contributed by atoms with E-state index in [4.69, 9.17) is 14.5 Å². The van der Waals surface area contributed by atoms with E-state index in [1.165, 1.54) is 37.2 Å². The molecule has 0 bridgehead atoms. The van der Waals surface area contributed by atoms with Crippen molar-refractivity contribution < 1.29 is 9.47 Å². The summed E-state index contributed by atoms with van der Waals surface area (Å²) in [5.74, 6) is 4.31. The first-order valence-corrected chi connectivity index (χ1v) is 11.9. The van der Waals surface area contributed by atoms with Crippen LogP contribution in [0.2, 0.25) is 0 Å². The molecule has 3 aliphatic heterocycles. The maximum Gasteiger partial charge on any atom is 0.193 e. The van der Waals surface area contributed by atoms with Crippen molar-refractivity contribution in [2.75, 3.05) is 77.7 Å². The van der Waals surface area contributed by atoms with Crippen molar-refractivity contribution >= 4 is 41.7 Å². The number of rotatable bonds is 7. The van der Waals surface area contributed by atoms with E-state index in [0.717, 1.165) is 71.0 Å². The lowest BCUT2D eigenvalue weighted by Crippen LogP contribution is -2.56. The highest BCUT2D eigenvalue weighted by Gasteiger charge is 2.40. The van der Waals surface area contributed by atoms with Gasteiger partial charge < -0.3 is 19.7 Å². The first-order chi connectivity index (χ1) is 13.2. The van der Waals surface area contributed by atoms with Crippen LogP contribution >= 0.6 is 35.7 Å². The van der Waals surface area contributed by atoms with Crippen molar-refractivity contribution in [3.63, 3.8) is 0 Å². The van der Waals surface area contributed by atoms with Gasteiger partial charge in [-0.1, -0.05) is 0 Å². The van der Waals surface area contributed by atoms with Crippen LogP contribution in [-0.4, -0.2) is 99.0 Å². The molecule has 6 nitrogen and oxygen atoms in total. The van der Waals surface area contributed by atoms with Crippen LogP contribution in [0.15, 0.2) is 4.99 Å². The fraction of sp³-hybridized carbons (Fsp3) is 0.950. The van der Waals surface area contributed by atoms with Crippen LogP contribution < -0.4 is 5.32 Å². The van der Waals surface area contributed by atoms with Gasteiger partial charge in [0.1, 0.15) is 0 Å². The Bertz CT molecular complexity index is 465. The Morgan fingerprint density at radius 1 is 1.21 bits per heavy atom. The molecule has 3 fully saturated rings. The molecule has 3 aliphatic rings. The maximum atomic E-state index is 5.58. The number of ether oxygens (including phenoxy) is 2. The third-order valence-electron chi connectivity index (χ3n) is 6.20. The highest BCUT2D eigenvalue weighted by atomic mass is 127. The van der Waals surface area contributed by atoms with Crippen LogP contribution in [0.5, 0.6) is 0 Å². The number of hydrogen-bond donors (Lipinski definition) is 1. The summed E-state index contributed by atoms with van der Waals surface area (Å²) in [5.41, 5.74) is 0.219. The first kappa shape index (κ1) is 24.5. The minimum absolute atomic E-state index is 0. The van der Waals surface area contributed by atoms with Gasteiger partial charge in [0.2, 0.25) is 0 Å². The van der Waals surface area contributed by atoms with Crippen molar-refractivity contribution in [3.05, 3.63) is 0 Å². The Kier molecular flexibility index (Phi) is 11.2. The van der Waals surface area contributed by atoms with Crippen LogP contribution in [0.4, 0.5) is 0 Å². The minimum atomic E-state index is 0. The number of guanidine groups is 1. The van der Waals surface area contributed by atoms with Crippen LogP contribution in [0.1, 0.15) is 32.6 Å². The van der Waals surface area contributed by atoms with E-state index < -0.39 is 0 Å². The molecule has 3 saturated heterocycles. The predicted octanol–water partition coefficient (Wildman–Crippen LogP) is 2.53. The quantitative estimate of drug-likeness (QED) is 0.313. The molecule has 8 heteroatoms. The third kappa shape index (κ3) is 6.89. The highest BCUT2D eigenvalue weighted by Crippen LogP contribution is 2.34. The Hall–Kier alpha value is 0.230. The molecule has 1 unspecified atom stereocenters. The molecule has 0 aromatic heterocycles. The van der Waals surface area contributed by atoms with Gasteiger partial charge in [-0.3, -0.25) is 9.89 Å². The second kappa shape index (κ2) is 12.8. The van der Waals surface area contributed by atoms with E-state index in [2.05, 4.69) is 40.8 Å². The van der Waals surface area contributed by atoms with Gasteiger partial charge in [-0.2, -0.15) is 11.8 Å². The zero-order valence-electron chi connectivity index (χ0n) is 17.7.